The molecule has 1 aromatic rings. The molecule has 1 unspecified atom stereocenters. The molecule has 1 saturated heterocycles. The molecule has 0 radical (unpaired) electrons. The lowest BCUT2D eigenvalue weighted by atomic mass is 10.1. The molecule has 1 aromatic carbocycles. The Bertz CT molecular complexity index is 537. The fourth-order valence-corrected chi connectivity index (χ4v) is 3.86. The topological polar surface area (TPSA) is 38.8 Å². The van der Waals surface area contributed by atoms with Crippen LogP contribution in [0.3, 0.4) is 0 Å². The van der Waals surface area contributed by atoms with E-state index in [1.165, 1.54) is 58.0 Å². The van der Waals surface area contributed by atoms with E-state index in [1.807, 2.05) is 24.3 Å². The van der Waals surface area contributed by atoms with Crippen LogP contribution in [0.25, 0.3) is 0 Å². The maximum atomic E-state index is 12.4. The van der Waals surface area contributed by atoms with Gasteiger partial charge in [-0.05, 0) is 50.0 Å². The van der Waals surface area contributed by atoms with Gasteiger partial charge in [0.1, 0.15) is 11.9 Å². The molecule has 2 rings (SSSR count). The quantitative estimate of drug-likeness (QED) is 0.293. The number of esters is 1. The minimum Gasteiger partial charge on any atom is -0.497 e. The van der Waals surface area contributed by atoms with E-state index in [1.54, 1.807) is 7.11 Å². The third-order valence-corrected chi connectivity index (χ3v) is 5.65. The largest absolute Gasteiger partial charge is 0.497 e. The van der Waals surface area contributed by atoms with Gasteiger partial charge in [-0.2, -0.15) is 0 Å². The van der Waals surface area contributed by atoms with Crippen LogP contribution in [0.2, 0.25) is 0 Å². The fourth-order valence-electron chi connectivity index (χ4n) is 3.86. The minimum absolute atomic E-state index is 0.0594. The van der Waals surface area contributed by atoms with Gasteiger partial charge in [0.05, 0.1) is 7.11 Å². The van der Waals surface area contributed by atoms with Gasteiger partial charge in [-0.1, -0.05) is 57.6 Å². The number of nitrogens with zero attached hydrogens (tertiary/aromatic N) is 1. The molecule has 0 N–H and O–H groups in total. The van der Waals surface area contributed by atoms with Crippen LogP contribution in [0.4, 0.5) is 0 Å². The van der Waals surface area contributed by atoms with E-state index in [2.05, 4.69) is 11.8 Å². The normalized spacial score (nSPS) is 15.5. The summed E-state index contributed by atoms with van der Waals surface area (Å²) in [4.78, 5) is 14.9. The highest BCUT2D eigenvalue weighted by molar-refractivity contribution is 5.69. The Morgan fingerprint density at radius 1 is 1.00 bits per heavy atom. The monoisotopic (exact) mass is 389 g/mol. The Labute approximate surface area is 171 Å². The molecule has 0 amide bonds. The number of hydrogen-bond donors (Lipinski definition) is 0. The number of carbonyl (C=O) groups is 1. The summed E-state index contributed by atoms with van der Waals surface area (Å²) >= 11 is 0. The maximum Gasteiger partial charge on any atom is 0.306 e. The molecule has 0 aliphatic carbocycles. The van der Waals surface area contributed by atoms with Gasteiger partial charge in [0.2, 0.25) is 0 Å². The van der Waals surface area contributed by atoms with Crippen LogP contribution in [0.1, 0.15) is 89.2 Å². The Kier molecular flexibility index (Phi) is 11.0. The Morgan fingerprint density at radius 3 is 2.29 bits per heavy atom. The van der Waals surface area contributed by atoms with E-state index in [9.17, 15) is 4.79 Å². The number of benzene rings is 1. The van der Waals surface area contributed by atoms with Crippen LogP contribution in [-0.2, 0) is 9.53 Å². The highest BCUT2D eigenvalue weighted by atomic mass is 16.5. The molecular weight excluding hydrogens is 350 g/mol. The van der Waals surface area contributed by atoms with E-state index >= 15 is 0 Å². The van der Waals surface area contributed by atoms with E-state index in [4.69, 9.17) is 9.47 Å². The highest BCUT2D eigenvalue weighted by Gasteiger charge is 2.20. The van der Waals surface area contributed by atoms with Crippen molar-refractivity contribution in [2.24, 2.45) is 0 Å². The van der Waals surface area contributed by atoms with E-state index in [0.29, 0.717) is 6.42 Å². The van der Waals surface area contributed by atoms with Crippen molar-refractivity contribution < 1.29 is 14.3 Å². The third kappa shape index (κ3) is 8.64. The molecule has 1 atom stereocenters. The van der Waals surface area contributed by atoms with E-state index in [-0.39, 0.29) is 12.1 Å². The molecule has 1 fully saturated rings. The molecule has 1 heterocycles. The number of methoxy groups -OCH3 is 1. The fraction of sp³-hybridized carbons (Fsp3) is 0.708. The number of unbranched alkanes of at least 4 members (excludes halogenated alkanes) is 6. The van der Waals surface area contributed by atoms with Crippen molar-refractivity contribution in [1.82, 2.24) is 4.90 Å². The second-order valence-electron chi connectivity index (χ2n) is 7.96. The van der Waals surface area contributed by atoms with Crippen LogP contribution >= 0.6 is 0 Å². The zero-order valence-electron chi connectivity index (χ0n) is 18.0. The summed E-state index contributed by atoms with van der Waals surface area (Å²) < 4.78 is 11.2. The predicted molar refractivity (Wildman–Crippen MR) is 115 cm³/mol. The van der Waals surface area contributed by atoms with Crippen LogP contribution in [0.15, 0.2) is 24.3 Å². The van der Waals surface area contributed by atoms with Gasteiger partial charge in [-0.3, -0.25) is 4.79 Å². The maximum absolute atomic E-state index is 12.4. The zero-order valence-corrected chi connectivity index (χ0v) is 18.0. The number of rotatable bonds is 14. The predicted octanol–water partition coefficient (Wildman–Crippen LogP) is 5.91. The van der Waals surface area contributed by atoms with Crippen molar-refractivity contribution in [3.8, 4) is 5.75 Å². The summed E-state index contributed by atoms with van der Waals surface area (Å²) in [5.41, 5.74) is 1.06. The average Bonchev–Trinajstić information content (AvgIpc) is 3.24. The molecular formula is C24H39NO3. The number of likely N-dealkylation sites (tertiary alicyclic amines) is 1. The third-order valence-electron chi connectivity index (χ3n) is 5.65. The molecule has 0 spiro atoms. The van der Waals surface area contributed by atoms with Gasteiger partial charge in [-0.15, -0.1) is 0 Å². The Hall–Kier alpha value is -1.55. The summed E-state index contributed by atoms with van der Waals surface area (Å²) in [7, 11) is 1.67. The highest BCUT2D eigenvalue weighted by Crippen LogP contribution is 2.26. The first-order valence-electron chi connectivity index (χ1n) is 11.3. The van der Waals surface area contributed by atoms with Gasteiger partial charge < -0.3 is 14.4 Å². The Morgan fingerprint density at radius 2 is 1.64 bits per heavy atom. The Balaban J connectivity index is 1.79. The van der Waals surface area contributed by atoms with Crippen molar-refractivity contribution in [1.29, 1.82) is 0 Å². The van der Waals surface area contributed by atoms with Crippen molar-refractivity contribution in [2.75, 3.05) is 26.7 Å². The molecule has 0 saturated carbocycles. The molecule has 4 nitrogen and oxygen atoms in total. The minimum atomic E-state index is -0.163. The average molecular weight is 390 g/mol. The van der Waals surface area contributed by atoms with Crippen LogP contribution < -0.4 is 4.74 Å². The zero-order chi connectivity index (χ0) is 20.0. The van der Waals surface area contributed by atoms with Gasteiger partial charge in [0.25, 0.3) is 0 Å². The first-order chi connectivity index (χ1) is 13.7. The number of hydrogen-bond acceptors (Lipinski definition) is 4. The molecule has 0 bridgehead atoms. The second kappa shape index (κ2) is 13.6. The second-order valence-corrected chi connectivity index (χ2v) is 7.96. The van der Waals surface area contributed by atoms with Crippen LogP contribution in [0, 0.1) is 0 Å². The van der Waals surface area contributed by atoms with Crippen molar-refractivity contribution in [3.05, 3.63) is 29.8 Å². The van der Waals surface area contributed by atoms with Gasteiger partial charge in [0.15, 0.2) is 0 Å². The molecule has 1 aliphatic rings. The summed E-state index contributed by atoms with van der Waals surface area (Å²) in [6.45, 7) is 5.56. The molecule has 1 aliphatic heterocycles. The van der Waals surface area contributed by atoms with Gasteiger partial charge in [-0.25, -0.2) is 0 Å². The van der Waals surface area contributed by atoms with Gasteiger partial charge >= 0.3 is 5.97 Å². The lowest BCUT2D eigenvalue weighted by molar-refractivity contribution is -0.150. The molecule has 158 valence electrons. The molecule has 28 heavy (non-hydrogen) atoms. The van der Waals surface area contributed by atoms with Crippen LogP contribution in [-0.4, -0.2) is 37.6 Å². The first-order valence-corrected chi connectivity index (χ1v) is 11.3. The summed E-state index contributed by atoms with van der Waals surface area (Å²) in [6, 6.07) is 7.94. The number of carbonyl (C=O) groups excluding carboxylic acids is 1. The lowest BCUT2D eigenvalue weighted by Crippen LogP contribution is -2.23. The van der Waals surface area contributed by atoms with Crippen molar-refractivity contribution >= 4 is 5.97 Å². The van der Waals surface area contributed by atoms with Gasteiger partial charge in [0, 0.05) is 19.4 Å². The van der Waals surface area contributed by atoms with E-state index < -0.39 is 0 Å². The standard InChI is InChI=1S/C24H39NO3/c1-3-4-5-6-7-8-9-12-24(26)28-23(17-20-25-18-10-11-19-25)21-13-15-22(27-2)16-14-21/h13-16,23H,3-12,17-20H2,1-2H3. The molecule has 0 aromatic heterocycles. The van der Waals surface area contributed by atoms with Crippen molar-refractivity contribution in [3.63, 3.8) is 0 Å². The molecule has 4 heteroatoms. The summed E-state index contributed by atoms with van der Waals surface area (Å²) in [5, 5.41) is 0. The van der Waals surface area contributed by atoms with Crippen molar-refractivity contribution in [2.45, 2.75) is 83.7 Å². The summed E-state index contributed by atoms with van der Waals surface area (Å²) in [5.74, 6) is 0.771. The first kappa shape index (κ1) is 22.7. The number of ether oxygens (including phenoxy) is 2. The van der Waals surface area contributed by atoms with E-state index in [0.717, 1.165) is 37.1 Å². The van der Waals surface area contributed by atoms with Crippen LogP contribution in [0.5, 0.6) is 5.75 Å². The summed E-state index contributed by atoms with van der Waals surface area (Å²) in [6.07, 6.45) is 12.3. The lowest BCUT2D eigenvalue weighted by Gasteiger charge is -2.22. The smallest absolute Gasteiger partial charge is 0.306 e. The SMILES string of the molecule is CCCCCCCCCC(=O)OC(CCN1CCCC1)c1ccc(OC)cc1.